The molecule has 0 aliphatic carbocycles. The number of rotatable bonds is 10. The van der Waals surface area contributed by atoms with Gasteiger partial charge >= 0.3 is 0 Å². The number of piperazine rings is 1. The van der Waals surface area contributed by atoms with Crippen LogP contribution >= 0.6 is 0 Å². The van der Waals surface area contributed by atoms with Crippen LogP contribution in [0.4, 0.5) is 26.0 Å². The van der Waals surface area contributed by atoms with Gasteiger partial charge in [-0.05, 0) is 67.7 Å². The summed E-state index contributed by atoms with van der Waals surface area (Å²) in [7, 11) is -2.09. The summed E-state index contributed by atoms with van der Waals surface area (Å²) in [4.78, 5) is 12.7. The van der Waals surface area contributed by atoms with Crippen molar-refractivity contribution < 1.29 is 21.9 Å². The zero-order valence-corrected chi connectivity index (χ0v) is 23.2. The fourth-order valence-corrected chi connectivity index (χ4v) is 5.46. The van der Waals surface area contributed by atoms with Crippen molar-refractivity contribution in [3.63, 3.8) is 0 Å². The van der Waals surface area contributed by atoms with Gasteiger partial charge in [-0.2, -0.15) is 0 Å². The van der Waals surface area contributed by atoms with Crippen molar-refractivity contribution in [2.45, 2.75) is 4.90 Å². The van der Waals surface area contributed by atoms with Gasteiger partial charge in [0.1, 0.15) is 41.0 Å². The van der Waals surface area contributed by atoms with Gasteiger partial charge in [0, 0.05) is 61.8 Å². The second-order valence-electron chi connectivity index (χ2n) is 9.69. The maximum atomic E-state index is 14.0. The van der Waals surface area contributed by atoms with E-state index in [1.807, 2.05) is 24.3 Å². The smallest absolute Gasteiger partial charge is 0.264 e. The van der Waals surface area contributed by atoms with E-state index < -0.39 is 26.6 Å². The normalized spacial score (nSPS) is 14.5. The molecule has 0 saturated carbocycles. The molecular weight excluding hydrogens is 550 g/mol. The molecular formula is C29H30F2N6O3S. The lowest BCUT2D eigenvalue weighted by Crippen LogP contribution is -2.45. The Hall–Kier alpha value is -4.13. The number of nitrogens with one attached hydrogen (secondary N) is 2. The van der Waals surface area contributed by atoms with Gasteiger partial charge < -0.3 is 15.0 Å². The third-order valence-corrected chi connectivity index (χ3v) is 8.10. The van der Waals surface area contributed by atoms with Gasteiger partial charge in [0.2, 0.25) is 0 Å². The van der Waals surface area contributed by atoms with Crippen LogP contribution in [0.25, 0.3) is 11.3 Å². The van der Waals surface area contributed by atoms with Crippen molar-refractivity contribution in [2.24, 2.45) is 0 Å². The van der Waals surface area contributed by atoms with E-state index >= 15 is 0 Å². The van der Waals surface area contributed by atoms with Crippen LogP contribution in [0, 0.1) is 11.6 Å². The van der Waals surface area contributed by atoms with Crippen molar-refractivity contribution in [2.75, 3.05) is 56.4 Å². The van der Waals surface area contributed by atoms with Gasteiger partial charge in [-0.25, -0.2) is 27.2 Å². The molecule has 5 rings (SSSR count). The molecule has 4 aromatic rings. The Kier molecular flexibility index (Phi) is 8.72. The molecule has 1 saturated heterocycles. The van der Waals surface area contributed by atoms with E-state index in [-0.39, 0.29) is 5.69 Å². The van der Waals surface area contributed by atoms with Crippen LogP contribution in [0.5, 0.6) is 5.75 Å². The quantitative estimate of drug-likeness (QED) is 0.281. The standard InChI is InChI=1S/C29H30F2N6O3S/c1-36-12-14-37(15-13-36)16-17-40-25-9-2-21(3-10-25)27-19-29(33-20-32-27)34-23-5-7-24(8-6-23)35-41(38,39)28-11-4-22(30)18-26(28)31/h2-11,18-20,35H,12-17H2,1H3,(H,32,33,34). The number of halogens is 2. The highest BCUT2D eigenvalue weighted by Crippen LogP contribution is 2.25. The zero-order chi connectivity index (χ0) is 28.8. The van der Waals surface area contributed by atoms with Crippen molar-refractivity contribution in [1.29, 1.82) is 0 Å². The van der Waals surface area contributed by atoms with E-state index in [0.717, 1.165) is 61.9 Å². The van der Waals surface area contributed by atoms with E-state index in [9.17, 15) is 17.2 Å². The predicted molar refractivity (Wildman–Crippen MR) is 154 cm³/mol. The minimum absolute atomic E-state index is 0.216. The highest BCUT2D eigenvalue weighted by Gasteiger charge is 2.20. The van der Waals surface area contributed by atoms with Gasteiger partial charge in [-0.3, -0.25) is 9.62 Å². The van der Waals surface area contributed by atoms with Crippen LogP contribution in [-0.2, 0) is 10.0 Å². The molecule has 3 aromatic carbocycles. The fourth-order valence-electron chi connectivity index (χ4n) is 4.34. The molecule has 0 atom stereocenters. The summed E-state index contributed by atoms with van der Waals surface area (Å²) in [5.74, 6) is -0.681. The molecule has 1 aliphatic rings. The molecule has 1 aliphatic heterocycles. The molecule has 0 amide bonds. The number of anilines is 3. The molecule has 2 N–H and O–H groups in total. The first-order valence-corrected chi connectivity index (χ1v) is 14.5. The Bertz CT molecular complexity index is 1580. The molecule has 1 aromatic heterocycles. The number of hydrogen-bond acceptors (Lipinski definition) is 8. The number of ether oxygens (including phenoxy) is 1. The Morgan fingerprint density at radius 3 is 2.29 bits per heavy atom. The number of likely N-dealkylation sites (N-methyl/N-ethyl adjacent to an activating group) is 1. The van der Waals surface area contributed by atoms with Crippen LogP contribution in [0.15, 0.2) is 84.0 Å². The largest absolute Gasteiger partial charge is 0.492 e. The zero-order valence-electron chi connectivity index (χ0n) is 22.4. The molecule has 2 heterocycles. The Morgan fingerprint density at radius 1 is 0.878 bits per heavy atom. The predicted octanol–water partition coefficient (Wildman–Crippen LogP) is 4.59. The average Bonchev–Trinajstić information content (AvgIpc) is 2.95. The molecule has 0 bridgehead atoms. The van der Waals surface area contributed by atoms with E-state index in [1.54, 1.807) is 18.2 Å². The molecule has 41 heavy (non-hydrogen) atoms. The van der Waals surface area contributed by atoms with E-state index in [4.69, 9.17) is 4.74 Å². The lowest BCUT2D eigenvalue weighted by Gasteiger charge is -2.32. The SMILES string of the molecule is CN1CCN(CCOc2ccc(-c3cc(Nc4ccc(NS(=O)(=O)c5ccc(F)cc5F)cc4)ncn3)cc2)CC1. The summed E-state index contributed by atoms with van der Waals surface area (Å²) in [5.41, 5.74) is 2.49. The van der Waals surface area contributed by atoms with Crippen LogP contribution in [0.1, 0.15) is 0 Å². The lowest BCUT2D eigenvalue weighted by atomic mass is 10.1. The van der Waals surface area contributed by atoms with E-state index in [0.29, 0.717) is 24.2 Å². The Labute approximate surface area is 237 Å². The molecule has 9 nitrogen and oxygen atoms in total. The van der Waals surface area contributed by atoms with Gasteiger partial charge in [0.05, 0.1) is 5.69 Å². The maximum Gasteiger partial charge on any atom is 0.264 e. The first-order chi connectivity index (χ1) is 19.7. The third kappa shape index (κ3) is 7.54. The highest BCUT2D eigenvalue weighted by molar-refractivity contribution is 7.92. The van der Waals surface area contributed by atoms with Crippen molar-refractivity contribution >= 4 is 27.2 Å². The summed E-state index contributed by atoms with van der Waals surface area (Å²) in [6.45, 7) is 5.82. The second-order valence-corrected chi connectivity index (χ2v) is 11.3. The first-order valence-electron chi connectivity index (χ1n) is 13.1. The van der Waals surface area contributed by atoms with E-state index in [1.165, 1.54) is 18.5 Å². The lowest BCUT2D eigenvalue weighted by molar-refractivity contribution is 0.134. The summed E-state index contributed by atoms with van der Waals surface area (Å²) in [5, 5.41) is 3.16. The molecule has 0 radical (unpaired) electrons. The number of nitrogens with zero attached hydrogens (tertiary/aromatic N) is 4. The van der Waals surface area contributed by atoms with Crippen molar-refractivity contribution in [3.8, 4) is 17.0 Å². The monoisotopic (exact) mass is 580 g/mol. The van der Waals surface area contributed by atoms with Crippen LogP contribution in [0.3, 0.4) is 0 Å². The number of hydrogen-bond donors (Lipinski definition) is 2. The molecule has 0 unspecified atom stereocenters. The fraction of sp³-hybridized carbons (Fsp3) is 0.241. The number of benzene rings is 3. The van der Waals surface area contributed by atoms with Crippen LogP contribution in [0.2, 0.25) is 0 Å². The van der Waals surface area contributed by atoms with Crippen LogP contribution in [-0.4, -0.2) is 74.6 Å². The average molecular weight is 581 g/mol. The summed E-state index contributed by atoms with van der Waals surface area (Å²) in [6, 6.07) is 18.2. The van der Waals surface area contributed by atoms with Crippen molar-refractivity contribution in [1.82, 2.24) is 19.8 Å². The van der Waals surface area contributed by atoms with E-state index in [2.05, 4.69) is 36.9 Å². The van der Waals surface area contributed by atoms with Crippen LogP contribution < -0.4 is 14.8 Å². The topological polar surface area (TPSA) is 99.7 Å². The van der Waals surface area contributed by atoms with Gasteiger partial charge in [0.15, 0.2) is 0 Å². The third-order valence-electron chi connectivity index (χ3n) is 6.68. The maximum absolute atomic E-state index is 14.0. The van der Waals surface area contributed by atoms with Gasteiger partial charge in [-0.1, -0.05) is 0 Å². The molecule has 12 heteroatoms. The molecule has 214 valence electrons. The van der Waals surface area contributed by atoms with Crippen molar-refractivity contribution in [3.05, 3.63) is 90.8 Å². The van der Waals surface area contributed by atoms with Gasteiger partial charge in [0.25, 0.3) is 10.0 Å². The number of sulfonamides is 1. The minimum Gasteiger partial charge on any atom is -0.492 e. The summed E-state index contributed by atoms with van der Waals surface area (Å²) >= 11 is 0. The highest BCUT2D eigenvalue weighted by atomic mass is 32.2. The summed E-state index contributed by atoms with van der Waals surface area (Å²) in [6.07, 6.45) is 1.46. The molecule has 0 spiro atoms. The van der Waals surface area contributed by atoms with Gasteiger partial charge in [-0.15, -0.1) is 0 Å². The molecule has 1 fully saturated rings. The summed E-state index contributed by atoms with van der Waals surface area (Å²) < 4.78 is 60.4. The second kappa shape index (κ2) is 12.6. The number of aromatic nitrogens is 2. The Morgan fingerprint density at radius 2 is 1.59 bits per heavy atom. The Balaban J connectivity index is 1.17. The first kappa shape index (κ1) is 28.4. The minimum atomic E-state index is -4.23.